The van der Waals surface area contributed by atoms with Crippen LogP contribution in [0.1, 0.15) is 65.2 Å². The second-order valence-corrected chi connectivity index (χ2v) is 7.73. The topological polar surface area (TPSA) is 137 Å². The molecule has 35 heavy (non-hydrogen) atoms. The first-order chi connectivity index (χ1) is 16.5. The summed E-state index contributed by atoms with van der Waals surface area (Å²) in [4.78, 5) is 60.8. The van der Waals surface area contributed by atoms with Crippen molar-refractivity contribution in [3.8, 4) is 0 Å². The molecular weight excluding hydrogens is 456 g/mol. The van der Waals surface area contributed by atoms with Crippen molar-refractivity contribution in [3.05, 3.63) is 59.2 Å². The Morgan fingerprint density at radius 3 is 1.86 bits per heavy atom. The van der Waals surface area contributed by atoms with Crippen LogP contribution in [0.4, 0.5) is 0 Å². The van der Waals surface area contributed by atoms with Gasteiger partial charge >= 0.3 is 17.9 Å². The predicted octanol–water partition coefficient (Wildman–Crippen LogP) is 2.34. The molecule has 1 aromatic carbocycles. The van der Waals surface area contributed by atoms with Crippen molar-refractivity contribution in [2.24, 2.45) is 0 Å². The van der Waals surface area contributed by atoms with E-state index in [4.69, 9.17) is 14.2 Å². The number of carbonyl (C=O) groups excluding carboxylic acids is 5. The average molecular weight is 489 g/mol. The Balaban J connectivity index is 2.96. The van der Waals surface area contributed by atoms with E-state index in [1.54, 1.807) is 6.92 Å². The maximum absolute atomic E-state index is 12.8. The van der Waals surface area contributed by atoms with Gasteiger partial charge in [0.15, 0.2) is 0 Å². The van der Waals surface area contributed by atoms with Crippen molar-refractivity contribution in [1.82, 2.24) is 10.6 Å². The number of amides is 2. The molecule has 0 aliphatic heterocycles. The van der Waals surface area contributed by atoms with Gasteiger partial charge in [-0.05, 0) is 45.4 Å². The molecule has 0 saturated heterocycles. The lowest BCUT2D eigenvalue weighted by atomic mass is 10.0. The molecule has 0 bridgehead atoms. The number of nitrogens with one attached hydrogen (secondary N) is 2. The molecule has 10 heteroatoms. The fourth-order valence-electron chi connectivity index (χ4n) is 2.44. The Labute approximate surface area is 204 Å². The number of ether oxygens (including phenoxy) is 3. The molecule has 1 aromatic rings. The number of hydrogen-bond donors (Lipinski definition) is 2. The first-order valence-electron chi connectivity index (χ1n) is 11.0. The summed E-state index contributed by atoms with van der Waals surface area (Å²) in [7, 11) is 0. The minimum atomic E-state index is -0.711. The van der Waals surface area contributed by atoms with Crippen LogP contribution in [0.3, 0.4) is 0 Å². The first kappa shape index (κ1) is 29.1. The van der Waals surface area contributed by atoms with Gasteiger partial charge in [0.25, 0.3) is 11.8 Å². The lowest BCUT2D eigenvalue weighted by Gasteiger charge is -2.15. The molecule has 0 fully saturated rings. The van der Waals surface area contributed by atoms with Gasteiger partial charge in [0.05, 0.1) is 30.3 Å². The Hall–Kier alpha value is -3.95. The van der Waals surface area contributed by atoms with E-state index in [1.165, 1.54) is 32.0 Å². The van der Waals surface area contributed by atoms with E-state index in [2.05, 4.69) is 23.8 Å². The van der Waals surface area contributed by atoms with Gasteiger partial charge in [-0.3, -0.25) is 9.59 Å². The van der Waals surface area contributed by atoms with Crippen LogP contribution < -0.4 is 10.6 Å². The molecule has 0 heterocycles. The molecule has 0 spiro atoms. The van der Waals surface area contributed by atoms with Gasteiger partial charge in [-0.1, -0.05) is 20.1 Å². The SMILES string of the molecule is C=C(C)C(=O)OCCNC(=O)c1ccc(C(=O)OC(C)CC)c(C(=O)NCCOC(=O)C(=C)C)c1. The van der Waals surface area contributed by atoms with E-state index < -0.39 is 29.7 Å². The van der Waals surface area contributed by atoms with Gasteiger partial charge in [-0.2, -0.15) is 0 Å². The number of hydrogen-bond acceptors (Lipinski definition) is 8. The number of rotatable bonds is 13. The fourth-order valence-corrected chi connectivity index (χ4v) is 2.44. The second kappa shape index (κ2) is 14.3. The van der Waals surface area contributed by atoms with Crippen LogP contribution in [0.25, 0.3) is 0 Å². The summed E-state index contributed by atoms with van der Waals surface area (Å²) in [5, 5.41) is 5.11. The monoisotopic (exact) mass is 488 g/mol. The summed E-state index contributed by atoms with van der Waals surface area (Å²) in [6, 6.07) is 3.97. The van der Waals surface area contributed by atoms with E-state index in [0.717, 1.165) is 0 Å². The average Bonchev–Trinajstić information content (AvgIpc) is 2.82. The van der Waals surface area contributed by atoms with Gasteiger partial charge in [0.2, 0.25) is 0 Å². The molecule has 1 unspecified atom stereocenters. The minimum absolute atomic E-state index is 0.0198. The smallest absolute Gasteiger partial charge is 0.339 e. The van der Waals surface area contributed by atoms with Gasteiger partial charge in [0, 0.05) is 16.7 Å². The third kappa shape index (κ3) is 9.83. The van der Waals surface area contributed by atoms with E-state index in [9.17, 15) is 24.0 Å². The Kier molecular flexibility index (Phi) is 11.9. The van der Waals surface area contributed by atoms with Crippen LogP contribution in [-0.4, -0.2) is 62.1 Å². The zero-order chi connectivity index (χ0) is 26.5. The van der Waals surface area contributed by atoms with E-state index in [0.29, 0.717) is 6.42 Å². The Bertz CT molecular complexity index is 999. The maximum atomic E-state index is 12.8. The summed E-state index contributed by atoms with van der Waals surface area (Å²) in [5.41, 5.74) is 0.468. The van der Waals surface area contributed by atoms with Gasteiger partial charge in [0.1, 0.15) is 13.2 Å². The number of esters is 3. The van der Waals surface area contributed by atoms with Crippen LogP contribution in [-0.2, 0) is 23.8 Å². The molecular formula is C25H32N2O8. The maximum Gasteiger partial charge on any atom is 0.339 e. The third-order valence-corrected chi connectivity index (χ3v) is 4.57. The molecule has 1 atom stereocenters. The van der Waals surface area contributed by atoms with Crippen molar-refractivity contribution >= 4 is 29.7 Å². The lowest BCUT2D eigenvalue weighted by Crippen LogP contribution is -2.31. The fraction of sp³-hybridized carbons (Fsp3) is 0.400. The van der Waals surface area contributed by atoms with Crippen molar-refractivity contribution in [2.75, 3.05) is 26.3 Å². The van der Waals surface area contributed by atoms with Crippen LogP contribution >= 0.6 is 0 Å². The van der Waals surface area contributed by atoms with Crippen LogP contribution in [0.15, 0.2) is 42.5 Å². The molecule has 1 rings (SSSR count). The molecule has 0 saturated carbocycles. The highest BCUT2D eigenvalue weighted by atomic mass is 16.5. The third-order valence-electron chi connectivity index (χ3n) is 4.57. The Morgan fingerprint density at radius 1 is 0.857 bits per heavy atom. The van der Waals surface area contributed by atoms with Crippen molar-refractivity contribution < 1.29 is 38.2 Å². The molecule has 2 amide bonds. The lowest BCUT2D eigenvalue weighted by molar-refractivity contribution is -0.139. The minimum Gasteiger partial charge on any atom is -0.460 e. The highest BCUT2D eigenvalue weighted by Crippen LogP contribution is 2.16. The van der Waals surface area contributed by atoms with Crippen LogP contribution in [0.5, 0.6) is 0 Å². The summed E-state index contributed by atoms with van der Waals surface area (Å²) < 4.78 is 15.2. The molecule has 10 nitrogen and oxygen atoms in total. The highest BCUT2D eigenvalue weighted by molar-refractivity contribution is 6.07. The zero-order valence-corrected chi connectivity index (χ0v) is 20.5. The van der Waals surface area contributed by atoms with Gasteiger partial charge < -0.3 is 24.8 Å². The molecule has 0 aliphatic rings. The first-order valence-corrected chi connectivity index (χ1v) is 11.0. The van der Waals surface area contributed by atoms with Crippen molar-refractivity contribution in [1.29, 1.82) is 0 Å². The number of carbonyl (C=O) groups is 5. The summed E-state index contributed by atoms with van der Waals surface area (Å²) >= 11 is 0. The summed E-state index contributed by atoms with van der Waals surface area (Å²) in [5.74, 6) is -3.07. The van der Waals surface area contributed by atoms with Gasteiger partial charge in [-0.25, -0.2) is 14.4 Å². The summed E-state index contributed by atoms with van der Waals surface area (Å²) in [6.45, 7) is 13.3. The largest absolute Gasteiger partial charge is 0.460 e. The van der Waals surface area contributed by atoms with Crippen molar-refractivity contribution in [2.45, 2.75) is 40.2 Å². The summed E-state index contributed by atoms with van der Waals surface area (Å²) in [6.07, 6.45) is 0.211. The zero-order valence-electron chi connectivity index (χ0n) is 20.5. The van der Waals surface area contributed by atoms with Gasteiger partial charge in [-0.15, -0.1) is 0 Å². The molecule has 190 valence electrons. The normalized spacial score (nSPS) is 11.0. The predicted molar refractivity (Wildman–Crippen MR) is 128 cm³/mol. The van der Waals surface area contributed by atoms with E-state index in [1.807, 2.05) is 6.92 Å². The van der Waals surface area contributed by atoms with Crippen molar-refractivity contribution in [3.63, 3.8) is 0 Å². The van der Waals surface area contributed by atoms with E-state index >= 15 is 0 Å². The second-order valence-electron chi connectivity index (χ2n) is 7.73. The van der Waals surface area contributed by atoms with Crippen LogP contribution in [0.2, 0.25) is 0 Å². The van der Waals surface area contributed by atoms with E-state index in [-0.39, 0.29) is 60.2 Å². The van der Waals surface area contributed by atoms with Crippen LogP contribution in [0, 0.1) is 0 Å². The molecule has 2 N–H and O–H groups in total. The number of benzene rings is 1. The molecule has 0 aliphatic carbocycles. The standard InChI is InChI=1S/C25H32N2O8/c1-7-17(6)35-25(32)19-9-8-18(21(28)26-10-12-33-23(30)15(2)3)14-20(19)22(29)27-11-13-34-24(31)16(4)5/h8-9,14,17H,2,4,7,10-13H2,1,3,5-6H3,(H,26,28)(H,27,29). The highest BCUT2D eigenvalue weighted by Gasteiger charge is 2.22. The Morgan fingerprint density at radius 2 is 1.37 bits per heavy atom. The quantitative estimate of drug-likeness (QED) is 0.187. The molecule has 0 radical (unpaired) electrons. The molecule has 0 aromatic heterocycles.